The molecule has 12 heteroatoms. The Bertz CT molecular complexity index is 1060. The minimum Gasteiger partial charge on any atom is -0.397 e. The zero-order valence-electron chi connectivity index (χ0n) is 13.1. The van der Waals surface area contributed by atoms with Crippen LogP contribution in [0.5, 0.6) is 5.06 Å². The Labute approximate surface area is 152 Å². The molecule has 1 aromatic carbocycles. The van der Waals surface area contributed by atoms with Crippen molar-refractivity contribution in [3.8, 4) is 16.3 Å². The van der Waals surface area contributed by atoms with Crippen LogP contribution in [0.15, 0.2) is 30.3 Å². The molecular weight excluding hydrogens is 389 g/mol. The number of rotatable bonds is 3. The molecule has 140 valence electrons. The van der Waals surface area contributed by atoms with Crippen LogP contribution in [0.1, 0.15) is 5.56 Å². The number of amides is 1. The third-order valence-electron chi connectivity index (χ3n) is 3.54. The summed E-state index contributed by atoms with van der Waals surface area (Å²) in [5.74, 6) is 0. The van der Waals surface area contributed by atoms with Crippen LogP contribution in [0.25, 0.3) is 21.5 Å². The number of hydrogen-bond acceptors (Lipinski definition) is 7. The molecule has 0 aliphatic heterocycles. The first-order valence-corrected chi connectivity index (χ1v) is 7.92. The monoisotopic (exact) mass is 398 g/mol. The van der Waals surface area contributed by atoms with Crippen LogP contribution in [-0.2, 0) is 6.18 Å². The second kappa shape index (κ2) is 6.39. The summed E-state index contributed by atoms with van der Waals surface area (Å²) in [5, 5.41) is 10.0. The van der Waals surface area contributed by atoms with Crippen LogP contribution in [-0.4, -0.2) is 16.0 Å². The average molecular weight is 398 g/mol. The summed E-state index contributed by atoms with van der Waals surface area (Å²) < 4.78 is 45.2. The number of fused-ring (bicyclic) bond motifs is 1. The Hall–Kier alpha value is -3.41. The number of nitrogens with zero attached hydrogens (tertiary/aromatic N) is 2. The molecule has 1 amide bonds. The maximum Gasteiger partial charge on any atom is 0.417 e. The quantitative estimate of drug-likeness (QED) is 0.507. The van der Waals surface area contributed by atoms with E-state index in [9.17, 15) is 28.1 Å². The topological polar surface area (TPSA) is 134 Å². The molecule has 0 unspecified atom stereocenters. The predicted octanol–water partition coefficient (Wildman–Crippen LogP) is 3.93. The third-order valence-corrected chi connectivity index (χ3v) is 4.51. The molecule has 0 radical (unpaired) electrons. The smallest absolute Gasteiger partial charge is 0.397 e. The van der Waals surface area contributed by atoms with E-state index in [4.69, 9.17) is 11.5 Å². The molecule has 0 aliphatic carbocycles. The van der Waals surface area contributed by atoms with Crippen molar-refractivity contribution in [2.45, 2.75) is 6.18 Å². The van der Waals surface area contributed by atoms with Crippen LogP contribution in [0.2, 0.25) is 0 Å². The Morgan fingerprint density at radius 3 is 2.41 bits per heavy atom. The molecular formula is C15H9F3N4O4S. The number of primary amides is 1. The van der Waals surface area contributed by atoms with Crippen LogP contribution in [0.3, 0.4) is 0 Å². The summed E-state index contributed by atoms with van der Waals surface area (Å²) >= 11 is 0.632. The number of nitro benzene ring substituents is 1. The second-order valence-corrected chi connectivity index (χ2v) is 6.22. The summed E-state index contributed by atoms with van der Waals surface area (Å²) in [6, 6.07) is 5.65. The lowest BCUT2D eigenvalue weighted by molar-refractivity contribution is -0.384. The number of aromatic nitrogens is 1. The molecule has 0 bridgehead atoms. The van der Waals surface area contributed by atoms with E-state index >= 15 is 0 Å². The highest BCUT2D eigenvalue weighted by molar-refractivity contribution is 7.21. The van der Waals surface area contributed by atoms with E-state index in [1.807, 2.05) is 0 Å². The van der Waals surface area contributed by atoms with Crippen molar-refractivity contribution < 1.29 is 27.6 Å². The summed E-state index contributed by atoms with van der Waals surface area (Å²) in [5.41, 5.74) is 9.05. The summed E-state index contributed by atoms with van der Waals surface area (Å²) in [6.45, 7) is 0. The van der Waals surface area contributed by atoms with Crippen LogP contribution in [0.4, 0.5) is 29.3 Å². The third kappa shape index (κ3) is 3.46. The largest absolute Gasteiger partial charge is 0.417 e. The number of alkyl halides is 3. The van der Waals surface area contributed by atoms with Crippen LogP contribution < -0.4 is 16.2 Å². The number of thiophene rings is 1. The normalized spacial score (nSPS) is 11.5. The van der Waals surface area contributed by atoms with Gasteiger partial charge in [0, 0.05) is 17.7 Å². The molecule has 0 saturated heterocycles. The first-order valence-electron chi connectivity index (χ1n) is 7.10. The number of carbonyl (C=O) groups is 1. The van der Waals surface area contributed by atoms with Crippen molar-refractivity contribution in [3.05, 3.63) is 46.0 Å². The molecule has 4 N–H and O–H groups in total. The first-order chi connectivity index (χ1) is 12.6. The van der Waals surface area contributed by atoms with Crippen molar-refractivity contribution in [3.63, 3.8) is 0 Å². The van der Waals surface area contributed by atoms with Gasteiger partial charge in [0.2, 0.25) is 5.06 Å². The van der Waals surface area contributed by atoms with Gasteiger partial charge in [-0.15, -0.1) is 0 Å². The van der Waals surface area contributed by atoms with E-state index < -0.39 is 33.8 Å². The van der Waals surface area contributed by atoms with Crippen molar-refractivity contribution in [1.29, 1.82) is 0 Å². The van der Waals surface area contributed by atoms with Gasteiger partial charge >= 0.3 is 12.3 Å². The highest BCUT2D eigenvalue weighted by Gasteiger charge is 2.36. The van der Waals surface area contributed by atoms with Gasteiger partial charge in [0.05, 0.1) is 27.3 Å². The van der Waals surface area contributed by atoms with Gasteiger partial charge in [-0.2, -0.15) is 13.2 Å². The molecule has 3 rings (SSSR count). The van der Waals surface area contributed by atoms with Gasteiger partial charge in [-0.1, -0.05) is 11.3 Å². The molecule has 0 spiro atoms. The molecule has 2 aromatic heterocycles. The Balaban J connectivity index is 2.23. The van der Waals surface area contributed by atoms with Gasteiger partial charge in [-0.3, -0.25) is 10.1 Å². The zero-order valence-corrected chi connectivity index (χ0v) is 13.9. The van der Waals surface area contributed by atoms with Crippen molar-refractivity contribution in [2.75, 3.05) is 5.73 Å². The van der Waals surface area contributed by atoms with Crippen molar-refractivity contribution in [1.82, 2.24) is 4.98 Å². The number of nitrogen functional groups attached to an aromatic ring is 1. The highest BCUT2D eigenvalue weighted by Crippen LogP contribution is 2.46. The molecule has 3 aromatic rings. The first kappa shape index (κ1) is 18.4. The van der Waals surface area contributed by atoms with E-state index in [-0.39, 0.29) is 26.8 Å². The van der Waals surface area contributed by atoms with Gasteiger partial charge in [0.25, 0.3) is 5.69 Å². The highest BCUT2D eigenvalue weighted by atomic mass is 32.1. The Kier molecular flexibility index (Phi) is 4.35. The lowest BCUT2D eigenvalue weighted by Gasteiger charge is -2.11. The average Bonchev–Trinajstić information content (AvgIpc) is 2.88. The van der Waals surface area contributed by atoms with Crippen LogP contribution >= 0.6 is 11.3 Å². The number of anilines is 1. The van der Waals surface area contributed by atoms with Gasteiger partial charge in [0.15, 0.2) is 0 Å². The van der Waals surface area contributed by atoms with Crippen molar-refractivity contribution in [2.24, 2.45) is 5.73 Å². The lowest BCUT2D eigenvalue weighted by atomic mass is 10.1. The Morgan fingerprint density at radius 1 is 1.26 bits per heavy atom. The fraction of sp³-hybridized carbons (Fsp3) is 0.0667. The standard InChI is InChI=1S/C15H9F3N4O4S/c16-15(17,18)8-5-9(6-1-3-7(4-2-6)22(24)25)21-12-10(8)11(19)13(27-12)26-14(20)23/h1-5H,19H2,(H2,20,23). The summed E-state index contributed by atoms with van der Waals surface area (Å²) in [4.78, 5) is 25.0. The van der Waals surface area contributed by atoms with Crippen molar-refractivity contribution >= 4 is 39.0 Å². The molecule has 0 aliphatic rings. The number of pyridine rings is 1. The molecule has 0 atom stereocenters. The molecule has 0 saturated carbocycles. The van der Waals surface area contributed by atoms with E-state index in [2.05, 4.69) is 9.72 Å². The van der Waals surface area contributed by atoms with E-state index in [0.29, 0.717) is 11.3 Å². The molecule has 8 nitrogen and oxygen atoms in total. The van der Waals surface area contributed by atoms with Gasteiger partial charge < -0.3 is 16.2 Å². The zero-order chi connectivity index (χ0) is 19.9. The second-order valence-electron chi connectivity index (χ2n) is 5.26. The maximum atomic E-state index is 13.5. The summed E-state index contributed by atoms with van der Waals surface area (Å²) in [6.07, 6.45) is -5.99. The summed E-state index contributed by atoms with van der Waals surface area (Å²) in [7, 11) is 0. The van der Waals surface area contributed by atoms with E-state index in [0.717, 1.165) is 18.2 Å². The maximum absolute atomic E-state index is 13.5. The van der Waals surface area contributed by atoms with Gasteiger partial charge in [-0.05, 0) is 18.2 Å². The lowest BCUT2D eigenvalue weighted by Crippen LogP contribution is -2.16. The number of benzene rings is 1. The number of hydrogen-bond donors (Lipinski definition) is 2. The number of carbonyl (C=O) groups excluding carboxylic acids is 1. The fourth-order valence-corrected chi connectivity index (χ4v) is 3.37. The number of ether oxygens (including phenoxy) is 1. The van der Waals surface area contributed by atoms with E-state index in [1.165, 1.54) is 12.1 Å². The molecule has 2 heterocycles. The number of non-ortho nitro benzene ring substituents is 1. The van der Waals surface area contributed by atoms with Crippen LogP contribution in [0, 0.1) is 10.1 Å². The minimum atomic E-state index is -4.77. The molecule has 0 fully saturated rings. The minimum absolute atomic E-state index is 0.0726. The molecule has 27 heavy (non-hydrogen) atoms. The Morgan fingerprint density at radius 2 is 1.89 bits per heavy atom. The predicted molar refractivity (Wildman–Crippen MR) is 91.3 cm³/mol. The number of halogens is 3. The SMILES string of the molecule is NC(=O)Oc1sc2nc(-c3ccc([N+](=O)[O-])cc3)cc(C(F)(F)F)c2c1N. The van der Waals surface area contributed by atoms with Gasteiger partial charge in [0.1, 0.15) is 4.83 Å². The number of nitro groups is 1. The number of nitrogens with two attached hydrogens (primary N) is 2. The van der Waals surface area contributed by atoms with Gasteiger partial charge in [-0.25, -0.2) is 9.78 Å². The van der Waals surface area contributed by atoms with E-state index in [1.54, 1.807) is 0 Å². The fourth-order valence-electron chi connectivity index (χ4n) is 2.39.